The average molecular weight is 391 g/mol. The van der Waals surface area contributed by atoms with Gasteiger partial charge in [0.1, 0.15) is 5.82 Å². The largest absolute Gasteiger partial charge is 0.334 e. The van der Waals surface area contributed by atoms with Crippen LogP contribution in [0.1, 0.15) is 28.8 Å². The molecule has 144 valence electrons. The average Bonchev–Trinajstić information content (AvgIpc) is 3.12. The molecule has 0 bridgehead atoms. The van der Waals surface area contributed by atoms with Crippen molar-refractivity contribution in [1.29, 1.82) is 0 Å². The Morgan fingerprint density at radius 3 is 2.63 bits per heavy atom. The maximum atomic E-state index is 13.0. The van der Waals surface area contributed by atoms with E-state index in [0.717, 1.165) is 12.8 Å². The SMILES string of the molecule is Cc1ccc(C(=O)N2CCCC2CN)cc1S(=O)(=O)Nc1ccc(F)cc1. The van der Waals surface area contributed by atoms with E-state index in [1.807, 2.05) is 0 Å². The number of aryl methyl sites for hydroxylation is 1. The van der Waals surface area contributed by atoms with E-state index in [4.69, 9.17) is 5.73 Å². The predicted octanol–water partition coefficient (Wildman–Crippen LogP) is 2.50. The Morgan fingerprint density at radius 1 is 1.26 bits per heavy atom. The number of anilines is 1. The van der Waals surface area contributed by atoms with E-state index in [9.17, 15) is 17.6 Å². The van der Waals surface area contributed by atoms with Gasteiger partial charge in [0, 0.05) is 30.4 Å². The van der Waals surface area contributed by atoms with E-state index in [0.29, 0.717) is 24.2 Å². The van der Waals surface area contributed by atoms with Crippen molar-refractivity contribution >= 4 is 21.6 Å². The number of sulfonamides is 1. The molecular formula is C19H22FN3O3S. The minimum Gasteiger partial charge on any atom is -0.334 e. The summed E-state index contributed by atoms with van der Waals surface area (Å²) in [6, 6.07) is 9.63. The van der Waals surface area contributed by atoms with Gasteiger partial charge in [0.25, 0.3) is 15.9 Å². The number of nitrogens with two attached hydrogens (primary N) is 1. The maximum Gasteiger partial charge on any atom is 0.262 e. The van der Waals surface area contributed by atoms with Crippen molar-refractivity contribution in [2.75, 3.05) is 17.8 Å². The van der Waals surface area contributed by atoms with E-state index in [1.165, 1.54) is 30.3 Å². The highest BCUT2D eigenvalue weighted by molar-refractivity contribution is 7.92. The monoisotopic (exact) mass is 391 g/mol. The first-order valence-electron chi connectivity index (χ1n) is 8.72. The van der Waals surface area contributed by atoms with Crippen LogP contribution in [-0.2, 0) is 10.0 Å². The van der Waals surface area contributed by atoms with Gasteiger partial charge in [-0.15, -0.1) is 0 Å². The van der Waals surface area contributed by atoms with Crippen LogP contribution >= 0.6 is 0 Å². The molecule has 2 aromatic rings. The molecule has 8 heteroatoms. The lowest BCUT2D eigenvalue weighted by Crippen LogP contribution is -2.40. The van der Waals surface area contributed by atoms with Gasteiger partial charge in [0.2, 0.25) is 0 Å². The second kappa shape index (κ2) is 7.66. The normalized spacial score (nSPS) is 17.1. The Morgan fingerprint density at radius 2 is 1.96 bits per heavy atom. The number of amides is 1. The zero-order chi connectivity index (χ0) is 19.6. The molecule has 1 amide bonds. The first-order chi connectivity index (χ1) is 12.8. The van der Waals surface area contributed by atoms with Crippen molar-refractivity contribution in [3.8, 4) is 0 Å². The fourth-order valence-corrected chi connectivity index (χ4v) is 4.60. The van der Waals surface area contributed by atoms with Crippen LogP contribution < -0.4 is 10.5 Å². The molecule has 2 aromatic carbocycles. The van der Waals surface area contributed by atoms with Crippen LogP contribution in [0, 0.1) is 12.7 Å². The van der Waals surface area contributed by atoms with Crippen molar-refractivity contribution in [2.45, 2.75) is 30.7 Å². The van der Waals surface area contributed by atoms with Crippen LogP contribution in [0.2, 0.25) is 0 Å². The van der Waals surface area contributed by atoms with E-state index >= 15 is 0 Å². The number of benzene rings is 2. The molecule has 0 radical (unpaired) electrons. The number of hydrogen-bond acceptors (Lipinski definition) is 4. The molecule has 1 fully saturated rings. The van der Waals surface area contributed by atoms with Crippen molar-refractivity contribution < 1.29 is 17.6 Å². The van der Waals surface area contributed by atoms with Crippen LogP contribution in [0.5, 0.6) is 0 Å². The number of carbonyl (C=O) groups is 1. The van der Waals surface area contributed by atoms with E-state index in [1.54, 1.807) is 24.0 Å². The number of nitrogens with zero attached hydrogens (tertiary/aromatic N) is 1. The third-order valence-corrected chi connectivity index (χ3v) is 6.25. The van der Waals surface area contributed by atoms with Gasteiger partial charge in [0.15, 0.2) is 0 Å². The molecule has 27 heavy (non-hydrogen) atoms. The van der Waals surface area contributed by atoms with E-state index in [2.05, 4.69) is 4.72 Å². The third-order valence-electron chi connectivity index (χ3n) is 4.73. The quantitative estimate of drug-likeness (QED) is 0.819. The van der Waals surface area contributed by atoms with Crippen LogP contribution in [0.4, 0.5) is 10.1 Å². The fourth-order valence-electron chi connectivity index (χ4n) is 3.26. The Bertz CT molecular complexity index is 945. The highest BCUT2D eigenvalue weighted by Crippen LogP contribution is 2.24. The molecule has 1 aliphatic rings. The smallest absolute Gasteiger partial charge is 0.262 e. The highest BCUT2D eigenvalue weighted by atomic mass is 32.2. The summed E-state index contributed by atoms with van der Waals surface area (Å²) in [5.41, 5.74) is 6.80. The van der Waals surface area contributed by atoms with Gasteiger partial charge in [0.05, 0.1) is 4.90 Å². The standard InChI is InChI=1S/C19H22FN3O3S/c1-13-4-5-14(19(24)23-10-2-3-17(23)12-21)11-18(13)27(25,26)22-16-8-6-15(20)7-9-16/h4-9,11,17,22H,2-3,10,12,21H2,1H3. The number of halogens is 1. The molecule has 1 unspecified atom stereocenters. The maximum absolute atomic E-state index is 13.0. The first-order valence-corrected chi connectivity index (χ1v) is 10.2. The summed E-state index contributed by atoms with van der Waals surface area (Å²) in [7, 11) is -3.92. The molecular weight excluding hydrogens is 369 g/mol. The van der Waals surface area contributed by atoms with E-state index in [-0.39, 0.29) is 22.5 Å². The first kappa shape index (κ1) is 19.3. The summed E-state index contributed by atoms with van der Waals surface area (Å²) < 4.78 is 41.0. The molecule has 1 atom stereocenters. The Labute approximate surface area is 158 Å². The van der Waals surface area contributed by atoms with Crippen molar-refractivity contribution in [1.82, 2.24) is 4.90 Å². The van der Waals surface area contributed by atoms with Crippen LogP contribution in [0.15, 0.2) is 47.4 Å². The molecule has 6 nitrogen and oxygen atoms in total. The molecule has 3 N–H and O–H groups in total. The fraction of sp³-hybridized carbons (Fsp3) is 0.316. The number of likely N-dealkylation sites (tertiary alicyclic amines) is 1. The lowest BCUT2D eigenvalue weighted by Gasteiger charge is -2.24. The molecule has 0 saturated carbocycles. The van der Waals surface area contributed by atoms with Crippen LogP contribution in [0.25, 0.3) is 0 Å². The van der Waals surface area contributed by atoms with Gasteiger partial charge >= 0.3 is 0 Å². The van der Waals surface area contributed by atoms with Gasteiger partial charge in [-0.1, -0.05) is 6.07 Å². The van der Waals surface area contributed by atoms with Gasteiger partial charge in [-0.05, 0) is 61.7 Å². The molecule has 0 aromatic heterocycles. The molecule has 0 spiro atoms. The Kier molecular flexibility index (Phi) is 5.48. The van der Waals surface area contributed by atoms with E-state index < -0.39 is 15.8 Å². The minimum absolute atomic E-state index is 0.0150. The van der Waals surface area contributed by atoms with Crippen molar-refractivity contribution in [2.24, 2.45) is 5.73 Å². The predicted molar refractivity (Wildman–Crippen MR) is 102 cm³/mol. The lowest BCUT2D eigenvalue weighted by atomic mass is 10.1. The number of rotatable bonds is 5. The Hall–Kier alpha value is -2.45. The second-order valence-electron chi connectivity index (χ2n) is 6.62. The van der Waals surface area contributed by atoms with Gasteiger partial charge in [-0.3, -0.25) is 9.52 Å². The minimum atomic E-state index is -3.92. The summed E-state index contributed by atoms with van der Waals surface area (Å²) in [6.45, 7) is 2.66. The molecule has 1 heterocycles. The van der Waals surface area contributed by atoms with Gasteiger partial charge in [-0.25, -0.2) is 12.8 Å². The number of nitrogens with one attached hydrogen (secondary N) is 1. The summed E-state index contributed by atoms with van der Waals surface area (Å²) in [5, 5.41) is 0. The summed E-state index contributed by atoms with van der Waals surface area (Å²) >= 11 is 0. The summed E-state index contributed by atoms with van der Waals surface area (Å²) in [6.07, 6.45) is 1.74. The van der Waals surface area contributed by atoms with Gasteiger partial charge in [-0.2, -0.15) is 0 Å². The molecule has 1 aliphatic heterocycles. The zero-order valence-corrected chi connectivity index (χ0v) is 15.8. The van der Waals surface area contributed by atoms with Crippen LogP contribution in [-0.4, -0.2) is 38.4 Å². The molecule has 0 aliphatic carbocycles. The molecule has 3 rings (SSSR count). The third kappa shape index (κ3) is 4.12. The van der Waals surface area contributed by atoms with Crippen molar-refractivity contribution in [3.05, 3.63) is 59.4 Å². The van der Waals surface area contributed by atoms with Crippen LogP contribution in [0.3, 0.4) is 0 Å². The van der Waals surface area contributed by atoms with Crippen molar-refractivity contribution in [3.63, 3.8) is 0 Å². The lowest BCUT2D eigenvalue weighted by molar-refractivity contribution is 0.0741. The number of carbonyl (C=O) groups excluding carboxylic acids is 1. The summed E-state index contributed by atoms with van der Waals surface area (Å²) in [5.74, 6) is -0.678. The summed E-state index contributed by atoms with van der Waals surface area (Å²) in [4.78, 5) is 14.5. The topological polar surface area (TPSA) is 92.5 Å². The van der Waals surface area contributed by atoms with Gasteiger partial charge < -0.3 is 10.6 Å². The Balaban J connectivity index is 1.90. The zero-order valence-electron chi connectivity index (χ0n) is 15.0. The highest BCUT2D eigenvalue weighted by Gasteiger charge is 2.29. The molecule has 1 saturated heterocycles. The number of hydrogen-bond donors (Lipinski definition) is 2. The second-order valence-corrected chi connectivity index (χ2v) is 8.27.